The van der Waals surface area contributed by atoms with Crippen LogP contribution in [0.5, 0.6) is 0 Å². The van der Waals surface area contributed by atoms with Gasteiger partial charge < -0.3 is 9.64 Å². The molecule has 1 aliphatic rings. The molecule has 0 spiro atoms. The van der Waals surface area contributed by atoms with Crippen LogP contribution in [0.1, 0.15) is 43.6 Å². The molecule has 0 saturated carbocycles. The molecule has 0 aliphatic carbocycles. The van der Waals surface area contributed by atoms with E-state index in [1.165, 1.54) is 18.0 Å². The first-order valence-electron chi connectivity index (χ1n) is 6.82. The van der Waals surface area contributed by atoms with Gasteiger partial charge in [0.2, 0.25) is 5.91 Å². The fourth-order valence-corrected chi connectivity index (χ4v) is 2.71. The van der Waals surface area contributed by atoms with Crippen molar-refractivity contribution in [2.24, 2.45) is 0 Å². The van der Waals surface area contributed by atoms with Crippen molar-refractivity contribution in [2.45, 2.75) is 51.7 Å². The summed E-state index contributed by atoms with van der Waals surface area (Å²) in [5, 5.41) is 7.48. The fourth-order valence-electron chi connectivity index (χ4n) is 2.71. The lowest BCUT2D eigenvalue weighted by molar-refractivity contribution is -0.138. The minimum atomic E-state index is -0.552. The molecule has 2 heterocycles. The Kier molecular flexibility index (Phi) is 4.36. The summed E-state index contributed by atoms with van der Waals surface area (Å²) in [7, 11) is 1.28. The average molecular weight is 280 g/mol. The van der Waals surface area contributed by atoms with E-state index < -0.39 is 5.97 Å². The molecule has 0 N–H and O–H groups in total. The lowest BCUT2D eigenvalue weighted by Crippen LogP contribution is -2.48. The minimum absolute atomic E-state index is 0.00557. The number of nitrogens with zero attached hydrogens (tertiary/aromatic N) is 4. The normalized spacial score (nSPS) is 22.6. The van der Waals surface area contributed by atoms with Crippen molar-refractivity contribution >= 4 is 11.9 Å². The highest BCUT2D eigenvalue weighted by atomic mass is 16.5. The largest absolute Gasteiger partial charge is 0.464 e. The van der Waals surface area contributed by atoms with Crippen LogP contribution >= 0.6 is 0 Å². The molecule has 2 rings (SSSR count). The summed E-state index contributed by atoms with van der Waals surface area (Å²) >= 11 is 0. The third-order valence-corrected chi connectivity index (χ3v) is 3.71. The SMILES string of the molecule is COC(=O)c1cn(CC(=O)N2[C@H](C)CCC[C@@H]2C)nn1. The standard InChI is InChI=1S/C13H20N4O3/c1-9-5-4-6-10(2)17(9)12(18)8-16-7-11(14-15-16)13(19)20-3/h7,9-10H,4-6,8H2,1-3H3/t9-,10+. The molecular weight excluding hydrogens is 260 g/mol. The second-order valence-electron chi connectivity index (χ2n) is 5.22. The second-order valence-corrected chi connectivity index (χ2v) is 5.22. The van der Waals surface area contributed by atoms with E-state index in [9.17, 15) is 9.59 Å². The van der Waals surface area contributed by atoms with Crippen LogP contribution < -0.4 is 0 Å². The molecule has 1 saturated heterocycles. The number of esters is 1. The maximum absolute atomic E-state index is 12.4. The number of likely N-dealkylation sites (tertiary alicyclic amines) is 1. The minimum Gasteiger partial charge on any atom is -0.464 e. The van der Waals surface area contributed by atoms with Gasteiger partial charge in [0.1, 0.15) is 6.54 Å². The predicted octanol–water partition coefficient (Wildman–Crippen LogP) is 0.854. The zero-order valence-corrected chi connectivity index (χ0v) is 12.1. The molecule has 7 heteroatoms. The number of piperidine rings is 1. The third kappa shape index (κ3) is 2.97. The summed E-state index contributed by atoms with van der Waals surface area (Å²) in [6, 6.07) is 0.490. The van der Waals surface area contributed by atoms with Gasteiger partial charge in [-0.1, -0.05) is 5.21 Å². The van der Waals surface area contributed by atoms with Crippen molar-refractivity contribution < 1.29 is 14.3 Å². The molecule has 20 heavy (non-hydrogen) atoms. The van der Waals surface area contributed by atoms with Crippen molar-refractivity contribution in [1.29, 1.82) is 0 Å². The van der Waals surface area contributed by atoms with Crippen LogP contribution in [-0.4, -0.2) is 51.0 Å². The maximum Gasteiger partial charge on any atom is 0.360 e. The monoisotopic (exact) mass is 280 g/mol. The molecule has 110 valence electrons. The van der Waals surface area contributed by atoms with Crippen molar-refractivity contribution in [3.63, 3.8) is 0 Å². The molecular formula is C13H20N4O3. The fraction of sp³-hybridized carbons (Fsp3) is 0.692. The molecule has 0 bridgehead atoms. The maximum atomic E-state index is 12.4. The zero-order valence-electron chi connectivity index (χ0n) is 12.1. The first-order valence-corrected chi connectivity index (χ1v) is 6.82. The summed E-state index contributed by atoms with van der Waals surface area (Å²) in [5.41, 5.74) is 0.111. The molecule has 0 unspecified atom stereocenters. The van der Waals surface area contributed by atoms with E-state index in [4.69, 9.17) is 0 Å². The summed E-state index contributed by atoms with van der Waals surface area (Å²) in [4.78, 5) is 25.5. The van der Waals surface area contributed by atoms with E-state index in [1.807, 2.05) is 4.90 Å². The van der Waals surface area contributed by atoms with Gasteiger partial charge in [0.25, 0.3) is 0 Å². The smallest absolute Gasteiger partial charge is 0.360 e. The number of ether oxygens (including phenoxy) is 1. The van der Waals surface area contributed by atoms with Crippen LogP contribution in [-0.2, 0) is 16.1 Å². The van der Waals surface area contributed by atoms with Gasteiger partial charge in [-0.15, -0.1) is 5.10 Å². The van der Waals surface area contributed by atoms with Crippen LogP contribution in [0.15, 0.2) is 6.20 Å². The third-order valence-electron chi connectivity index (χ3n) is 3.71. The lowest BCUT2D eigenvalue weighted by Gasteiger charge is -2.39. The molecule has 0 aromatic carbocycles. The number of amides is 1. The highest BCUT2D eigenvalue weighted by Gasteiger charge is 2.29. The predicted molar refractivity (Wildman–Crippen MR) is 71.0 cm³/mol. The Morgan fingerprint density at radius 1 is 1.35 bits per heavy atom. The summed E-state index contributed by atoms with van der Waals surface area (Å²) in [6.45, 7) is 4.22. The number of carbonyl (C=O) groups is 2. The molecule has 7 nitrogen and oxygen atoms in total. The van der Waals surface area contributed by atoms with Crippen molar-refractivity contribution in [1.82, 2.24) is 19.9 Å². The van der Waals surface area contributed by atoms with E-state index in [1.54, 1.807) is 0 Å². The summed E-state index contributed by atoms with van der Waals surface area (Å²) in [6.07, 6.45) is 4.65. The summed E-state index contributed by atoms with van der Waals surface area (Å²) in [5.74, 6) is -0.547. The first-order chi connectivity index (χ1) is 9.52. The number of hydrogen-bond donors (Lipinski definition) is 0. The molecule has 1 amide bonds. The van der Waals surface area contributed by atoms with Gasteiger partial charge in [0.05, 0.1) is 13.3 Å². The average Bonchev–Trinajstić information content (AvgIpc) is 2.86. The Bertz CT molecular complexity index is 490. The second kappa shape index (κ2) is 6.02. The number of hydrogen-bond acceptors (Lipinski definition) is 5. The number of rotatable bonds is 3. The van der Waals surface area contributed by atoms with Gasteiger partial charge in [-0.3, -0.25) is 4.79 Å². The number of aromatic nitrogens is 3. The molecule has 1 aromatic rings. The molecule has 1 fully saturated rings. The van der Waals surface area contributed by atoms with Crippen molar-refractivity contribution in [3.05, 3.63) is 11.9 Å². The Morgan fingerprint density at radius 3 is 2.60 bits per heavy atom. The zero-order chi connectivity index (χ0) is 14.7. The highest BCUT2D eigenvalue weighted by molar-refractivity contribution is 5.86. The van der Waals surface area contributed by atoms with Gasteiger partial charge in [-0.2, -0.15) is 0 Å². The Balaban J connectivity index is 2.03. The topological polar surface area (TPSA) is 77.3 Å². The van der Waals surface area contributed by atoms with Gasteiger partial charge >= 0.3 is 5.97 Å². The van der Waals surface area contributed by atoms with Crippen LogP contribution in [0.2, 0.25) is 0 Å². The summed E-state index contributed by atoms with van der Waals surface area (Å²) < 4.78 is 5.93. The molecule has 2 atom stereocenters. The highest BCUT2D eigenvalue weighted by Crippen LogP contribution is 2.22. The molecule has 1 aromatic heterocycles. The molecule has 0 radical (unpaired) electrons. The van der Waals surface area contributed by atoms with Gasteiger partial charge in [-0.05, 0) is 33.1 Å². The van der Waals surface area contributed by atoms with E-state index in [2.05, 4.69) is 28.9 Å². The van der Waals surface area contributed by atoms with E-state index in [-0.39, 0.29) is 30.2 Å². The van der Waals surface area contributed by atoms with Crippen molar-refractivity contribution in [2.75, 3.05) is 7.11 Å². The Hall–Kier alpha value is -1.92. The number of carbonyl (C=O) groups excluding carboxylic acids is 2. The quantitative estimate of drug-likeness (QED) is 0.767. The van der Waals surface area contributed by atoms with Gasteiger partial charge in [-0.25, -0.2) is 9.48 Å². The van der Waals surface area contributed by atoms with E-state index in [0.29, 0.717) is 0 Å². The van der Waals surface area contributed by atoms with Gasteiger partial charge in [0, 0.05) is 12.1 Å². The lowest BCUT2D eigenvalue weighted by atomic mass is 9.97. The van der Waals surface area contributed by atoms with Gasteiger partial charge in [0.15, 0.2) is 5.69 Å². The van der Waals surface area contributed by atoms with E-state index in [0.717, 1.165) is 19.3 Å². The van der Waals surface area contributed by atoms with Crippen LogP contribution in [0, 0.1) is 0 Å². The van der Waals surface area contributed by atoms with Crippen LogP contribution in [0.4, 0.5) is 0 Å². The Morgan fingerprint density at radius 2 is 2.00 bits per heavy atom. The van der Waals surface area contributed by atoms with Crippen molar-refractivity contribution in [3.8, 4) is 0 Å². The molecule has 1 aliphatic heterocycles. The van der Waals surface area contributed by atoms with Crippen LogP contribution in [0.3, 0.4) is 0 Å². The van der Waals surface area contributed by atoms with E-state index >= 15 is 0 Å². The first kappa shape index (κ1) is 14.5. The Labute approximate surface area is 117 Å². The number of methoxy groups -OCH3 is 1. The van der Waals surface area contributed by atoms with Crippen LogP contribution in [0.25, 0.3) is 0 Å².